The van der Waals surface area contributed by atoms with Gasteiger partial charge in [-0.25, -0.2) is 4.98 Å². The lowest BCUT2D eigenvalue weighted by molar-refractivity contribution is -0.139. The number of benzene rings is 1. The first-order valence-corrected chi connectivity index (χ1v) is 32.9. The molecule has 14 amide bonds. The Hall–Kier alpha value is -10.9. The number of amides is 14. The summed E-state index contributed by atoms with van der Waals surface area (Å²) in [4.78, 5) is 225. The van der Waals surface area contributed by atoms with E-state index in [9.17, 15) is 92.0 Å². The minimum absolute atomic E-state index is 0.00250. The maximum Gasteiger partial charge on any atom is 0.303 e. The van der Waals surface area contributed by atoms with Crippen LogP contribution in [0.2, 0.25) is 0 Å². The van der Waals surface area contributed by atoms with Crippen molar-refractivity contribution in [3.8, 4) is 0 Å². The number of nitrogens with two attached hydrogens (primary N) is 6. The lowest BCUT2D eigenvalue weighted by atomic mass is 9.99. The van der Waals surface area contributed by atoms with Crippen molar-refractivity contribution in [1.82, 2.24) is 68.5 Å². The van der Waals surface area contributed by atoms with Crippen molar-refractivity contribution in [3.05, 3.63) is 54.1 Å². The molecule has 0 unspecified atom stereocenters. The number of hydrogen-bond acceptors (Lipinski definition) is 20. The standard InChI is InChI=1S/C63H100N20O19/c1-8-32(6)49(66)61(101)82-44(28-84)60(100)77-39(18-21-48(89)90)56(96)83-50(31(4)5)62(102)81-43(26-46(65)86)59(99)79-41(23-30(2)3)57(97)76-37(16-19-45(64)85)53(93)73-33(7)52(92)74-38(17-20-47(87)88)55(95)80-42(24-34-13-10-9-11-14-34)58(98)75-36(15-12-22-71-63(68)69)54(94)78-40(51(67)91)25-35-27-70-29-72-35/h9-11,13-14,27,29-33,36-44,49-50,84H,8,12,15-26,28,66H2,1-7H3,(H2,64,85)(H2,65,86)(H2,67,91)(H,70,72)(H,73,93)(H,74,92)(H,75,98)(H,76,97)(H,77,100)(H,78,94)(H,79,99)(H,80,95)(H,81,102)(H,82,101)(H,83,96)(H,87,88)(H,89,90)(H4,68,69,71)/t32-,33-,36-,37-,38-,39-,40-,41-,42-,43-,44-,49-,50-/m0/s1. The minimum atomic E-state index is -1.89. The Bertz CT molecular complexity index is 3240. The van der Waals surface area contributed by atoms with Crippen LogP contribution in [0.3, 0.4) is 0 Å². The molecule has 0 aliphatic rings. The number of aliphatic imine (C=N–C) groups is 1. The smallest absolute Gasteiger partial charge is 0.303 e. The normalized spacial score (nSPS) is 14.9. The average molecular weight is 1440 g/mol. The molecule has 0 saturated carbocycles. The largest absolute Gasteiger partial charge is 0.481 e. The van der Waals surface area contributed by atoms with Crippen LogP contribution in [0.1, 0.15) is 130 Å². The van der Waals surface area contributed by atoms with Crippen molar-refractivity contribution >= 4 is 101 Å². The van der Waals surface area contributed by atoms with Gasteiger partial charge in [0.05, 0.1) is 25.4 Å². The van der Waals surface area contributed by atoms with Gasteiger partial charge >= 0.3 is 11.9 Å². The van der Waals surface area contributed by atoms with E-state index in [0.29, 0.717) is 17.7 Å². The Morgan fingerprint density at radius 2 is 0.951 bits per heavy atom. The number of primary amides is 3. The molecule has 0 aliphatic carbocycles. The van der Waals surface area contributed by atoms with Crippen molar-refractivity contribution in [2.24, 2.45) is 57.1 Å². The van der Waals surface area contributed by atoms with Gasteiger partial charge in [0, 0.05) is 50.5 Å². The molecule has 0 fully saturated rings. The zero-order valence-electron chi connectivity index (χ0n) is 58.0. The van der Waals surface area contributed by atoms with Gasteiger partial charge in [-0.1, -0.05) is 78.3 Å². The van der Waals surface area contributed by atoms with Gasteiger partial charge in [-0.2, -0.15) is 0 Å². The predicted octanol–water partition coefficient (Wildman–Crippen LogP) is -6.98. The van der Waals surface area contributed by atoms with Gasteiger partial charge in [-0.15, -0.1) is 0 Å². The zero-order valence-corrected chi connectivity index (χ0v) is 58.0. The monoisotopic (exact) mass is 1440 g/mol. The van der Waals surface area contributed by atoms with E-state index < -0.39 is 231 Å². The van der Waals surface area contributed by atoms with E-state index in [2.05, 4.69) is 73.4 Å². The number of carboxylic acids is 2. The summed E-state index contributed by atoms with van der Waals surface area (Å²) in [5.74, 6) is -19.4. The lowest BCUT2D eigenvalue weighted by Gasteiger charge is -2.29. The first-order valence-electron chi connectivity index (χ1n) is 32.9. The van der Waals surface area contributed by atoms with E-state index in [0.717, 1.165) is 6.92 Å². The summed E-state index contributed by atoms with van der Waals surface area (Å²) in [5, 5.41) is 55.6. The number of imidazole rings is 1. The molecule has 0 aliphatic heterocycles. The van der Waals surface area contributed by atoms with Crippen molar-refractivity contribution < 1.29 is 92.0 Å². The van der Waals surface area contributed by atoms with Gasteiger partial charge in [-0.05, 0) is 68.8 Å². The molecule has 0 saturated heterocycles. The number of guanidine groups is 1. The fourth-order valence-corrected chi connectivity index (χ4v) is 9.75. The number of carbonyl (C=O) groups excluding carboxylic acids is 14. The molecule has 0 spiro atoms. The molecule has 1 aromatic heterocycles. The number of aromatic amines is 1. The van der Waals surface area contributed by atoms with Crippen LogP contribution in [-0.4, -0.2) is 212 Å². The second-order valence-electron chi connectivity index (χ2n) is 25.1. The number of aliphatic hydroxyl groups is 1. The highest BCUT2D eigenvalue weighted by Gasteiger charge is 2.38. The predicted molar refractivity (Wildman–Crippen MR) is 363 cm³/mol. The summed E-state index contributed by atoms with van der Waals surface area (Å²) in [6.45, 7) is 9.77. The quantitative estimate of drug-likeness (QED) is 0.0166. The van der Waals surface area contributed by atoms with Crippen molar-refractivity contribution in [2.75, 3.05) is 13.2 Å². The first kappa shape index (κ1) is 87.2. The van der Waals surface area contributed by atoms with Crippen LogP contribution in [-0.2, 0) is 89.6 Å². The van der Waals surface area contributed by atoms with Crippen molar-refractivity contribution in [1.29, 1.82) is 0 Å². The molecule has 0 bridgehead atoms. The Morgan fingerprint density at radius 1 is 0.500 bits per heavy atom. The fourth-order valence-electron chi connectivity index (χ4n) is 9.75. The molecular formula is C63H100N20O19. The lowest BCUT2D eigenvalue weighted by Crippen LogP contribution is -2.61. The number of nitrogens with zero attached hydrogens (tertiary/aromatic N) is 2. The third kappa shape index (κ3) is 32.4. The van der Waals surface area contributed by atoms with Gasteiger partial charge in [-0.3, -0.25) is 81.7 Å². The number of rotatable bonds is 48. The Kier molecular flexibility index (Phi) is 37.9. The molecule has 13 atom stereocenters. The summed E-state index contributed by atoms with van der Waals surface area (Å²) in [6.07, 6.45) is -1.96. The Morgan fingerprint density at radius 3 is 1.43 bits per heavy atom. The van der Waals surface area contributed by atoms with E-state index in [1.54, 1.807) is 58.0 Å². The number of nitrogens with one attached hydrogen (secondary N) is 12. The third-order valence-electron chi connectivity index (χ3n) is 15.8. The van der Waals surface area contributed by atoms with Crippen LogP contribution in [0, 0.1) is 17.8 Å². The highest BCUT2D eigenvalue weighted by molar-refractivity contribution is 6.00. The van der Waals surface area contributed by atoms with Crippen LogP contribution >= 0.6 is 0 Å². The third-order valence-corrected chi connectivity index (χ3v) is 15.8. The molecule has 2 aromatic rings. The molecule has 39 heteroatoms. The van der Waals surface area contributed by atoms with Crippen LogP contribution in [0.15, 0.2) is 47.8 Å². The van der Waals surface area contributed by atoms with Crippen molar-refractivity contribution in [2.45, 2.75) is 204 Å². The van der Waals surface area contributed by atoms with E-state index in [1.165, 1.54) is 26.4 Å². The van der Waals surface area contributed by atoms with Crippen LogP contribution in [0.5, 0.6) is 0 Å². The molecule has 1 aromatic carbocycles. The molecule has 1 heterocycles. The van der Waals surface area contributed by atoms with E-state index >= 15 is 0 Å². The molecule has 0 radical (unpaired) electrons. The second kappa shape index (κ2) is 44.3. The van der Waals surface area contributed by atoms with Gasteiger partial charge in [0.15, 0.2) is 5.96 Å². The number of carbonyl (C=O) groups is 16. The van der Waals surface area contributed by atoms with Crippen LogP contribution in [0.25, 0.3) is 0 Å². The minimum Gasteiger partial charge on any atom is -0.481 e. The van der Waals surface area contributed by atoms with Gasteiger partial charge < -0.3 is 113 Å². The summed E-state index contributed by atoms with van der Waals surface area (Å²) in [7, 11) is 0. The van der Waals surface area contributed by atoms with Crippen LogP contribution < -0.4 is 92.9 Å². The zero-order chi connectivity index (χ0) is 77.1. The average Bonchev–Trinajstić information content (AvgIpc) is 0.924. The summed E-state index contributed by atoms with van der Waals surface area (Å²) in [5.41, 5.74) is 34.4. The van der Waals surface area contributed by atoms with E-state index in [4.69, 9.17) is 34.4 Å². The SMILES string of the molecule is CC[C@H](C)[C@H](N)C(=O)N[C@@H](CO)C(=O)N[C@@H](CCC(=O)O)C(=O)N[C@H](C(=O)N[C@@H](CC(N)=O)C(=O)N[C@@H](CC(C)C)C(=O)N[C@@H](CCC(N)=O)C(=O)N[C@@H](C)C(=O)N[C@@H](CCC(=O)O)C(=O)N[C@@H](Cc1ccccc1)C(=O)N[C@@H](CCCN=C(N)N)C(=O)N[C@@H](Cc1cnc[nH]1)C(N)=O)C(C)C. The Balaban J connectivity index is 2.45. The van der Waals surface area contributed by atoms with E-state index in [-0.39, 0.29) is 50.5 Å². The van der Waals surface area contributed by atoms with E-state index in [1.807, 2.05) is 0 Å². The highest BCUT2D eigenvalue weighted by Crippen LogP contribution is 2.14. The Labute approximate surface area is 588 Å². The maximum atomic E-state index is 14.4. The highest BCUT2D eigenvalue weighted by atomic mass is 16.4. The second-order valence-corrected chi connectivity index (χ2v) is 25.1. The van der Waals surface area contributed by atoms with Crippen molar-refractivity contribution in [3.63, 3.8) is 0 Å². The first-order chi connectivity index (χ1) is 47.9. The molecular weight excluding hydrogens is 1340 g/mol. The molecule has 566 valence electrons. The van der Waals surface area contributed by atoms with Gasteiger partial charge in [0.1, 0.15) is 66.5 Å². The molecule has 39 nitrogen and oxygen atoms in total. The number of aliphatic carboxylic acids is 2. The maximum absolute atomic E-state index is 14.4. The van der Waals surface area contributed by atoms with Gasteiger partial charge in [0.25, 0.3) is 0 Å². The summed E-state index contributed by atoms with van der Waals surface area (Å²) >= 11 is 0. The summed E-state index contributed by atoms with van der Waals surface area (Å²) in [6, 6.07) is -10.8. The van der Waals surface area contributed by atoms with Crippen LogP contribution in [0.4, 0.5) is 0 Å². The number of carboxylic acid groups (broad SMARTS) is 2. The number of aromatic nitrogens is 2. The fraction of sp³-hybridized carbons (Fsp3) is 0.587. The number of aliphatic hydroxyl groups excluding tert-OH is 1. The molecule has 102 heavy (non-hydrogen) atoms. The summed E-state index contributed by atoms with van der Waals surface area (Å²) < 4.78 is 0. The topological polar surface area (TPSA) is 663 Å². The molecule has 27 N–H and O–H groups in total. The molecule has 2 rings (SSSR count). The van der Waals surface area contributed by atoms with Gasteiger partial charge in [0.2, 0.25) is 82.7 Å². The number of H-pyrrole nitrogens is 1. The number of hydrogen-bond donors (Lipinski definition) is 21.